The molecule has 0 saturated heterocycles. The maximum Gasteiger partial charge on any atom is 0.246 e. The molecular formula is C13H18N2O2. The number of amides is 1. The number of benzene rings is 1. The first-order valence-corrected chi connectivity index (χ1v) is 5.60. The van der Waals surface area contributed by atoms with Gasteiger partial charge in [0.25, 0.3) is 0 Å². The maximum atomic E-state index is 11.7. The molecule has 0 spiro atoms. The summed E-state index contributed by atoms with van der Waals surface area (Å²) in [7, 11) is 0. The van der Waals surface area contributed by atoms with Crippen LogP contribution in [0.1, 0.15) is 12.5 Å². The van der Waals surface area contributed by atoms with E-state index in [0.717, 1.165) is 5.56 Å². The van der Waals surface area contributed by atoms with Crippen LogP contribution in [0, 0.1) is 0 Å². The van der Waals surface area contributed by atoms with E-state index in [2.05, 4.69) is 0 Å². The number of anilines is 1. The van der Waals surface area contributed by atoms with Crippen molar-refractivity contribution in [2.24, 2.45) is 0 Å². The van der Waals surface area contributed by atoms with Crippen LogP contribution in [-0.2, 0) is 4.79 Å². The molecule has 0 aromatic heterocycles. The number of carbonyl (C=O) groups excluding carboxylic acids is 1. The quantitative estimate of drug-likeness (QED) is 0.592. The summed E-state index contributed by atoms with van der Waals surface area (Å²) in [5, 5.41) is 8.80. The van der Waals surface area contributed by atoms with Gasteiger partial charge in [-0.2, -0.15) is 0 Å². The molecular weight excluding hydrogens is 216 g/mol. The topological polar surface area (TPSA) is 66.6 Å². The number of carbonyl (C=O) groups is 1. The molecule has 4 nitrogen and oxygen atoms in total. The lowest BCUT2D eigenvalue weighted by Crippen LogP contribution is -2.31. The van der Waals surface area contributed by atoms with Crippen molar-refractivity contribution in [3.8, 4) is 0 Å². The lowest BCUT2D eigenvalue weighted by atomic mass is 10.2. The normalized spacial score (nSPS) is 10.7. The fourth-order valence-electron chi connectivity index (χ4n) is 1.42. The van der Waals surface area contributed by atoms with E-state index in [1.54, 1.807) is 23.1 Å². The van der Waals surface area contributed by atoms with E-state index in [-0.39, 0.29) is 12.5 Å². The monoisotopic (exact) mass is 234 g/mol. The molecule has 0 atom stereocenters. The van der Waals surface area contributed by atoms with Gasteiger partial charge < -0.3 is 15.7 Å². The summed E-state index contributed by atoms with van der Waals surface area (Å²) in [4.78, 5) is 13.3. The van der Waals surface area contributed by atoms with Crippen LogP contribution in [0.15, 0.2) is 30.3 Å². The minimum Gasteiger partial charge on any atom is -0.399 e. The van der Waals surface area contributed by atoms with Crippen LogP contribution in [0.5, 0.6) is 0 Å². The molecule has 0 radical (unpaired) electrons. The second kappa shape index (κ2) is 6.70. The number of rotatable bonds is 5. The zero-order valence-electron chi connectivity index (χ0n) is 9.97. The largest absolute Gasteiger partial charge is 0.399 e. The highest BCUT2D eigenvalue weighted by Gasteiger charge is 2.06. The number of aliphatic hydroxyl groups is 1. The molecule has 0 aliphatic rings. The highest BCUT2D eigenvalue weighted by molar-refractivity contribution is 5.91. The van der Waals surface area contributed by atoms with E-state index in [0.29, 0.717) is 18.8 Å². The Hall–Kier alpha value is -1.81. The lowest BCUT2D eigenvalue weighted by molar-refractivity contribution is -0.126. The van der Waals surface area contributed by atoms with Gasteiger partial charge in [-0.15, -0.1) is 0 Å². The maximum absolute atomic E-state index is 11.7. The number of hydrogen-bond donors (Lipinski definition) is 2. The molecule has 1 aromatic rings. The van der Waals surface area contributed by atoms with Crippen LogP contribution >= 0.6 is 0 Å². The third-order valence-corrected chi connectivity index (χ3v) is 2.42. The fourth-order valence-corrected chi connectivity index (χ4v) is 1.42. The van der Waals surface area contributed by atoms with Gasteiger partial charge in [0.15, 0.2) is 0 Å². The van der Waals surface area contributed by atoms with Crippen LogP contribution < -0.4 is 5.73 Å². The summed E-state index contributed by atoms with van der Waals surface area (Å²) in [6.45, 7) is 2.81. The van der Waals surface area contributed by atoms with Gasteiger partial charge in [-0.25, -0.2) is 0 Å². The van der Waals surface area contributed by atoms with Gasteiger partial charge in [0.1, 0.15) is 0 Å². The molecule has 17 heavy (non-hydrogen) atoms. The minimum absolute atomic E-state index is 0.0186. The van der Waals surface area contributed by atoms with Crippen LogP contribution in [0.25, 0.3) is 6.08 Å². The van der Waals surface area contributed by atoms with Gasteiger partial charge >= 0.3 is 0 Å². The number of hydrogen-bond acceptors (Lipinski definition) is 3. The molecule has 1 rings (SSSR count). The van der Waals surface area contributed by atoms with Gasteiger partial charge in [0.2, 0.25) is 5.91 Å². The molecule has 0 saturated carbocycles. The first kappa shape index (κ1) is 13.3. The van der Waals surface area contributed by atoms with Gasteiger partial charge in [-0.1, -0.05) is 12.1 Å². The Balaban J connectivity index is 2.63. The third kappa shape index (κ3) is 4.28. The summed E-state index contributed by atoms with van der Waals surface area (Å²) in [6, 6.07) is 7.27. The van der Waals surface area contributed by atoms with Crippen molar-refractivity contribution in [1.82, 2.24) is 4.90 Å². The van der Waals surface area contributed by atoms with Crippen LogP contribution in [0.4, 0.5) is 5.69 Å². The summed E-state index contributed by atoms with van der Waals surface area (Å²) in [5.41, 5.74) is 7.19. The zero-order chi connectivity index (χ0) is 12.7. The number of nitrogen functional groups attached to an aromatic ring is 1. The summed E-state index contributed by atoms with van der Waals surface area (Å²) in [6.07, 6.45) is 3.24. The van der Waals surface area contributed by atoms with Crippen molar-refractivity contribution in [3.05, 3.63) is 35.9 Å². The van der Waals surface area contributed by atoms with E-state index in [4.69, 9.17) is 10.8 Å². The van der Waals surface area contributed by atoms with Crippen LogP contribution in [-0.4, -0.2) is 35.6 Å². The summed E-state index contributed by atoms with van der Waals surface area (Å²) in [5.74, 6) is -0.0987. The van der Waals surface area contributed by atoms with Crippen molar-refractivity contribution in [1.29, 1.82) is 0 Å². The molecule has 0 heterocycles. The Labute approximate surface area is 101 Å². The highest BCUT2D eigenvalue weighted by Crippen LogP contribution is 2.07. The highest BCUT2D eigenvalue weighted by atomic mass is 16.3. The van der Waals surface area contributed by atoms with E-state index in [1.165, 1.54) is 6.08 Å². The first-order chi connectivity index (χ1) is 8.17. The average molecular weight is 234 g/mol. The van der Waals surface area contributed by atoms with E-state index >= 15 is 0 Å². The molecule has 0 fully saturated rings. The van der Waals surface area contributed by atoms with Crippen molar-refractivity contribution in [2.75, 3.05) is 25.4 Å². The van der Waals surface area contributed by atoms with Crippen LogP contribution in [0.3, 0.4) is 0 Å². The molecule has 0 aliphatic heterocycles. The molecule has 0 bridgehead atoms. The molecule has 1 aromatic carbocycles. The first-order valence-electron chi connectivity index (χ1n) is 5.60. The molecule has 0 aliphatic carbocycles. The number of nitrogens with two attached hydrogens (primary N) is 1. The predicted molar refractivity (Wildman–Crippen MR) is 69.2 cm³/mol. The summed E-state index contributed by atoms with van der Waals surface area (Å²) >= 11 is 0. The smallest absolute Gasteiger partial charge is 0.246 e. The average Bonchev–Trinajstić information content (AvgIpc) is 2.35. The SMILES string of the molecule is CCN(CCO)C(=O)/C=C/c1ccc(N)cc1. The fraction of sp³-hybridized carbons (Fsp3) is 0.308. The molecule has 1 amide bonds. The Kier molecular flexibility index (Phi) is 5.23. The Morgan fingerprint density at radius 3 is 2.59 bits per heavy atom. The van der Waals surface area contributed by atoms with Crippen molar-refractivity contribution in [3.63, 3.8) is 0 Å². The van der Waals surface area contributed by atoms with E-state index < -0.39 is 0 Å². The summed E-state index contributed by atoms with van der Waals surface area (Å²) < 4.78 is 0. The van der Waals surface area contributed by atoms with Crippen molar-refractivity contribution < 1.29 is 9.90 Å². The van der Waals surface area contributed by atoms with E-state index in [1.807, 2.05) is 19.1 Å². The Bertz CT molecular complexity index is 385. The van der Waals surface area contributed by atoms with Crippen molar-refractivity contribution in [2.45, 2.75) is 6.92 Å². The third-order valence-electron chi connectivity index (χ3n) is 2.42. The minimum atomic E-state index is -0.0987. The molecule has 3 N–H and O–H groups in total. The van der Waals surface area contributed by atoms with Crippen LogP contribution in [0.2, 0.25) is 0 Å². The standard InChI is InChI=1S/C13H18N2O2/c1-2-15(9-10-16)13(17)8-5-11-3-6-12(14)7-4-11/h3-8,16H,2,9-10,14H2,1H3/b8-5+. The Morgan fingerprint density at radius 1 is 1.41 bits per heavy atom. The lowest BCUT2D eigenvalue weighted by Gasteiger charge is -2.17. The second-order valence-corrected chi connectivity index (χ2v) is 3.64. The Morgan fingerprint density at radius 2 is 2.06 bits per heavy atom. The molecule has 4 heteroatoms. The van der Waals surface area contributed by atoms with Gasteiger partial charge in [0.05, 0.1) is 6.61 Å². The second-order valence-electron chi connectivity index (χ2n) is 3.64. The zero-order valence-corrected chi connectivity index (χ0v) is 9.97. The molecule has 0 unspecified atom stereocenters. The number of likely N-dealkylation sites (N-methyl/N-ethyl adjacent to an activating group) is 1. The van der Waals surface area contributed by atoms with Gasteiger partial charge in [-0.05, 0) is 30.7 Å². The number of nitrogens with zero attached hydrogens (tertiary/aromatic N) is 1. The van der Waals surface area contributed by atoms with Crippen molar-refractivity contribution >= 4 is 17.7 Å². The van der Waals surface area contributed by atoms with E-state index in [9.17, 15) is 4.79 Å². The van der Waals surface area contributed by atoms with Gasteiger partial charge in [-0.3, -0.25) is 4.79 Å². The predicted octanol–water partition coefficient (Wildman–Crippen LogP) is 1.12. The number of aliphatic hydroxyl groups excluding tert-OH is 1. The van der Waals surface area contributed by atoms with Gasteiger partial charge in [0, 0.05) is 24.9 Å². The molecule has 92 valence electrons.